The van der Waals surface area contributed by atoms with E-state index in [4.69, 9.17) is 4.74 Å². The highest BCUT2D eigenvalue weighted by Gasteiger charge is 2.11. The van der Waals surface area contributed by atoms with Crippen LogP contribution in [0, 0.1) is 0 Å². The van der Waals surface area contributed by atoms with Crippen LogP contribution in [0.1, 0.15) is 24.5 Å². The molecule has 1 unspecified atom stereocenters. The number of para-hydroxylation sites is 1. The molecule has 2 heteroatoms. The fourth-order valence-corrected chi connectivity index (χ4v) is 2.69. The molecule has 1 atom stereocenters. The smallest absolute Gasteiger partial charge is 0.122 e. The lowest BCUT2D eigenvalue weighted by Gasteiger charge is -2.19. The SMILES string of the molecule is CCNC(CCc1ccccc1)Cc1ccccc1OC. The first kappa shape index (κ1) is 15.6. The zero-order valence-corrected chi connectivity index (χ0v) is 13.0. The number of likely N-dealkylation sites (N-methyl/N-ethyl adjacent to an activating group) is 1. The maximum atomic E-state index is 5.46. The molecular weight excluding hydrogens is 258 g/mol. The van der Waals surface area contributed by atoms with Gasteiger partial charge in [0.2, 0.25) is 0 Å². The highest BCUT2D eigenvalue weighted by Crippen LogP contribution is 2.20. The highest BCUT2D eigenvalue weighted by atomic mass is 16.5. The van der Waals surface area contributed by atoms with Crippen LogP contribution in [0.4, 0.5) is 0 Å². The van der Waals surface area contributed by atoms with Crippen molar-refractivity contribution in [2.45, 2.75) is 32.2 Å². The minimum Gasteiger partial charge on any atom is -0.496 e. The molecule has 0 heterocycles. The van der Waals surface area contributed by atoms with E-state index in [1.807, 2.05) is 12.1 Å². The average Bonchev–Trinajstić information content (AvgIpc) is 2.54. The van der Waals surface area contributed by atoms with E-state index < -0.39 is 0 Å². The minimum absolute atomic E-state index is 0.478. The van der Waals surface area contributed by atoms with Gasteiger partial charge in [-0.25, -0.2) is 0 Å². The van der Waals surface area contributed by atoms with Gasteiger partial charge in [0.25, 0.3) is 0 Å². The Morgan fingerprint density at radius 3 is 2.43 bits per heavy atom. The summed E-state index contributed by atoms with van der Waals surface area (Å²) in [6, 6.07) is 19.5. The Labute approximate surface area is 128 Å². The number of nitrogens with one attached hydrogen (secondary N) is 1. The number of benzene rings is 2. The van der Waals surface area contributed by atoms with Crippen molar-refractivity contribution < 1.29 is 4.74 Å². The molecule has 21 heavy (non-hydrogen) atoms. The summed E-state index contributed by atoms with van der Waals surface area (Å²) >= 11 is 0. The third-order valence-corrected chi connectivity index (χ3v) is 3.78. The topological polar surface area (TPSA) is 21.3 Å². The number of hydrogen-bond acceptors (Lipinski definition) is 2. The van der Waals surface area contributed by atoms with E-state index in [0.29, 0.717) is 6.04 Å². The summed E-state index contributed by atoms with van der Waals surface area (Å²) in [4.78, 5) is 0. The van der Waals surface area contributed by atoms with Crippen molar-refractivity contribution in [2.24, 2.45) is 0 Å². The second kappa shape index (κ2) is 8.48. The third-order valence-electron chi connectivity index (χ3n) is 3.78. The summed E-state index contributed by atoms with van der Waals surface area (Å²) in [5.74, 6) is 0.986. The molecule has 1 N–H and O–H groups in total. The van der Waals surface area contributed by atoms with E-state index in [9.17, 15) is 0 Å². The molecule has 2 aromatic rings. The van der Waals surface area contributed by atoms with E-state index in [2.05, 4.69) is 54.7 Å². The number of methoxy groups -OCH3 is 1. The van der Waals surface area contributed by atoms with Crippen molar-refractivity contribution in [3.05, 3.63) is 65.7 Å². The van der Waals surface area contributed by atoms with Crippen LogP contribution < -0.4 is 10.1 Å². The minimum atomic E-state index is 0.478. The molecule has 2 rings (SSSR count). The van der Waals surface area contributed by atoms with E-state index in [1.165, 1.54) is 11.1 Å². The van der Waals surface area contributed by atoms with Gasteiger partial charge in [0, 0.05) is 6.04 Å². The van der Waals surface area contributed by atoms with Gasteiger partial charge in [-0.1, -0.05) is 55.5 Å². The van der Waals surface area contributed by atoms with Gasteiger partial charge in [0.15, 0.2) is 0 Å². The number of rotatable bonds is 8. The van der Waals surface area contributed by atoms with Gasteiger partial charge in [-0.15, -0.1) is 0 Å². The first-order valence-electron chi connectivity index (χ1n) is 7.72. The molecule has 0 saturated carbocycles. The largest absolute Gasteiger partial charge is 0.496 e. The first-order chi connectivity index (χ1) is 10.3. The van der Waals surface area contributed by atoms with Crippen molar-refractivity contribution >= 4 is 0 Å². The lowest BCUT2D eigenvalue weighted by atomic mass is 9.98. The molecule has 0 fully saturated rings. The Balaban J connectivity index is 1.98. The van der Waals surface area contributed by atoms with Crippen LogP contribution in [-0.2, 0) is 12.8 Å². The molecule has 0 aliphatic heterocycles. The van der Waals surface area contributed by atoms with Gasteiger partial charge in [-0.2, -0.15) is 0 Å². The lowest BCUT2D eigenvalue weighted by molar-refractivity contribution is 0.403. The predicted molar refractivity (Wildman–Crippen MR) is 88.9 cm³/mol. The Hall–Kier alpha value is -1.80. The average molecular weight is 283 g/mol. The standard InChI is InChI=1S/C19H25NO/c1-3-20-18(14-13-16-9-5-4-6-10-16)15-17-11-7-8-12-19(17)21-2/h4-12,18,20H,3,13-15H2,1-2H3. The number of ether oxygens (including phenoxy) is 1. The summed E-state index contributed by atoms with van der Waals surface area (Å²) in [6.45, 7) is 3.16. The molecule has 0 spiro atoms. The zero-order chi connectivity index (χ0) is 14.9. The number of hydrogen-bond donors (Lipinski definition) is 1. The van der Waals surface area contributed by atoms with E-state index in [0.717, 1.165) is 31.6 Å². The second-order valence-corrected chi connectivity index (χ2v) is 5.29. The van der Waals surface area contributed by atoms with E-state index >= 15 is 0 Å². The lowest BCUT2D eigenvalue weighted by Crippen LogP contribution is -2.31. The van der Waals surface area contributed by atoms with Crippen LogP contribution in [0.2, 0.25) is 0 Å². The van der Waals surface area contributed by atoms with Gasteiger partial charge < -0.3 is 10.1 Å². The van der Waals surface area contributed by atoms with Gasteiger partial charge >= 0.3 is 0 Å². The van der Waals surface area contributed by atoms with Crippen molar-refractivity contribution in [1.29, 1.82) is 0 Å². The molecule has 112 valence electrons. The fraction of sp³-hybridized carbons (Fsp3) is 0.368. The molecular formula is C19H25NO. The maximum absolute atomic E-state index is 5.46. The third kappa shape index (κ3) is 4.91. The van der Waals surface area contributed by atoms with Crippen LogP contribution >= 0.6 is 0 Å². The van der Waals surface area contributed by atoms with Crippen LogP contribution in [-0.4, -0.2) is 19.7 Å². The molecule has 0 radical (unpaired) electrons. The molecule has 0 saturated heterocycles. The summed E-state index contributed by atoms with van der Waals surface area (Å²) in [5, 5.41) is 3.60. The summed E-state index contributed by atoms with van der Waals surface area (Å²) < 4.78 is 5.46. The van der Waals surface area contributed by atoms with E-state index in [-0.39, 0.29) is 0 Å². The van der Waals surface area contributed by atoms with Gasteiger partial charge in [-0.05, 0) is 43.0 Å². The Bertz CT molecular complexity index is 524. The molecule has 0 aliphatic carbocycles. The quantitative estimate of drug-likeness (QED) is 0.794. The molecule has 0 aromatic heterocycles. The highest BCUT2D eigenvalue weighted by molar-refractivity contribution is 5.33. The van der Waals surface area contributed by atoms with Gasteiger partial charge in [0.1, 0.15) is 5.75 Å². The monoisotopic (exact) mass is 283 g/mol. The van der Waals surface area contributed by atoms with Crippen molar-refractivity contribution in [3.63, 3.8) is 0 Å². The van der Waals surface area contributed by atoms with Crippen molar-refractivity contribution in [2.75, 3.05) is 13.7 Å². The Kier molecular flexibility index (Phi) is 6.29. The summed E-state index contributed by atoms with van der Waals surface area (Å²) in [6.07, 6.45) is 3.24. The normalized spacial score (nSPS) is 12.1. The Morgan fingerprint density at radius 2 is 1.71 bits per heavy atom. The first-order valence-corrected chi connectivity index (χ1v) is 7.72. The summed E-state index contributed by atoms with van der Waals surface area (Å²) in [5.41, 5.74) is 2.68. The van der Waals surface area contributed by atoms with Crippen LogP contribution in [0.15, 0.2) is 54.6 Å². The zero-order valence-electron chi connectivity index (χ0n) is 13.0. The maximum Gasteiger partial charge on any atom is 0.122 e. The molecule has 0 amide bonds. The predicted octanol–water partition coefficient (Wildman–Crippen LogP) is 3.85. The molecule has 0 bridgehead atoms. The summed E-state index contributed by atoms with van der Waals surface area (Å²) in [7, 11) is 1.74. The molecule has 2 aromatic carbocycles. The second-order valence-electron chi connectivity index (χ2n) is 5.29. The van der Waals surface area contributed by atoms with Crippen LogP contribution in [0.25, 0.3) is 0 Å². The van der Waals surface area contributed by atoms with Crippen LogP contribution in [0.5, 0.6) is 5.75 Å². The Morgan fingerprint density at radius 1 is 1.00 bits per heavy atom. The van der Waals surface area contributed by atoms with E-state index in [1.54, 1.807) is 7.11 Å². The van der Waals surface area contributed by atoms with Crippen molar-refractivity contribution in [3.8, 4) is 5.75 Å². The van der Waals surface area contributed by atoms with Gasteiger partial charge in [-0.3, -0.25) is 0 Å². The van der Waals surface area contributed by atoms with Gasteiger partial charge in [0.05, 0.1) is 7.11 Å². The van der Waals surface area contributed by atoms with Crippen LogP contribution in [0.3, 0.4) is 0 Å². The fourth-order valence-electron chi connectivity index (χ4n) is 2.69. The molecule has 0 aliphatic rings. The molecule has 2 nitrogen and oxygen atoms in total. The van der Waals surface area contributed by atoms with Crippen molar-refractivity contribution in [1.82, 2.24) is 5.32 Å². The number of aryl methyl sites for hydroxylation is 1.